The maximum Gasteiger partial charge on any atom is 0.227 e. The Morgan fingerprint density at radius 2 is 2.05 bits per heavy atom. The molecule has 4 aliphatic rings. The largest absolute Gasteiger partial charge is 0.345 e. The van der Waals surface area contributed by atoms with E-state index in [1.54, 1.807) is 0 Å². The van der Waals surface area contributed by atoms with Gasteiger partial charge in [-0.15, -0.1) is 0 Å². The summed E-state index contributed by atoms with van der Waals surface area (Å²) in [5, 5.41) is 3.59. The first kappa shape index (κ1) is 12.2. The van der Waals surface area contributed by atoms with Gasteiger partial charge in [0.2, 0.25) is 5.91 Å². The van der Waals surface area contributed by atoms with Crippen molar-refractivity contribution in [2.45, 2.75) is 57.0 Å². The standard InChI is InChI=1S/C16H26N2O/c1-18(9-12-7-10-2-3-11(12)6-10)16(19)14-8-13-4-5-15(14)17-13/h10-15,17H,2-9H2,1H3. The molecule has 0 spiro atoms. The fourth-order valence-electron chi connectivity index (χ4n) is 5.42. The molecule has 1 amide bonds. The number of hydrogen-bond acceptors (Lipinski definition) is 2. The van der Waals surface area contributed by atoms with Crippen molar-refractivity contribution in [1.29, 1.82) is 0 Å². The van der Waals surface area contributed by atoms with Crippen LogP contribution >= 0.6 is 0 Å². The fraction of sp³-hybridized carbons (Fsp3) is 0.938. The van der Waals surface area contributed by atoms with Gasteiger partial charge in [-0.05, 0) is 56.3 Å². The minimum absolute atomic E-state index is 0.280. The third-order valence-corrected chi connectivity index (χ3v) is 6.39. The Balaban J connectivity index is 1.35. The van der Waals surface area contributed by atoms with Crippen LogP contribution in [0.2, 0.25) is 0 Å². The van der Waals surface area contributed by atoms with Crippen LogP contribution in [0.4, 0.5) is 0 Å². The summed E-state index contributed by atoms with van der Waals surface area (Å²) in [6.07, 6.45) is 9.29. The van der Waals surface area contributed by atoms with E-state index in [1.807, 2.05) is 7.05 Å². The van der Waals surface area contributed by atoms with E-state index in [0.29, 0.717) is 18.0 Å². The van der Waals surface area contributed by atoms with Gasteiger partial charge < -0.3 is 10.2 Å². The molecular formula is C16H26N2O. The summed E-state index contributed by atoms with van der Waals surface area (Å²) in [6.45, 7) is 1.02. The quantitative estimate of drug-likeness (QED) is 0.844. The molecule has 2 aliphatic carbocycles. The summed E-state index contributed by atoms with van der Waals surface area (Å²) in [4.78, 5) is 14.7. The molecule has 0 aromatic rings. The molecule has 106 valence electrons. The molecule has 1 N–H and O–H groups in total. The van der Waals surface area contributed by atoms with E-state index in [9.17, 15) is 4.79 Å². The molecule has 2 aliphatic heterocycles. The van der Waals surface area contributed by atoms with Gasteiger partial charge in [0.15, 0.2) is 0 Å². The minimum atomic E-state index is 0.280. The lowest BCUT2D eigenvalue weighted by Crippen LogP contribution is -2.41. The van der Waals surface area contributed by atoms with E-state index in [0.717, 1.165) is 30.7 Å². The highest BCUT2D eigenvalue weighted by Gasteiger charge is 2.45. The van der Waals surface area contributed by atoms with Gasteiger partial charge in [-0.1, -0.05) is 6.42 Å². The normalized spacial score (nSPS) is 47.0. The van der Waals surface area contributed by atoms with Crippen LogP contribution in [0.25, 0.3) is 0 Å². The zero-order valence-corrected chi connectivity index (χ0v) is 12.0. The molecule has 2 heterocycles. The SMILES string of the molecule is CN(CC1CC2CCC1C2)C(=O)C1CC2CCC1N2. The van der Waals surface area contributed by atoms with E-state index < -0.39 is 0 Å². The van der Waals surface area contributed by atoms with Gasteiger partial charge in [0.25, 0.3) is 0 Å². The zero-order valence-electron chi connectivity index (χ0n) is 12.0. The summed E-state index contributed by atoms with van der Waals surface area (Å²) in [7, 11) is 2.04. The lowest BCUT2D eigenvalue weighted by molar-refractivity contribution is -0.135. The molecule has 0 aromatic carbocycles. The van der Waals surface area contributed by atoms with Crippen LogP contribution in [-0.2, 0) is 4.79 Å². The number of rotatable bonds is 3. The van der Waals surface area contributed by atoms with E-state index in [-0.39, 0.29) is 5.92 Å². The number of nitrogens with one attached hydrogen (secondary N) is 1. The van der Waals surface area contributed by atoms with Crippen LogP contribution in [0.3, 0.4) is 0 Å². The van der Waals surface area contributed by atoms with E-state index in [1.165, 1.54) is 38.5 Å². The van der Waals surface area contributed by atoms with Crippen LogP contribution in [-0.4, -0.2) is 36.5 Å². The summed E-state index contributed by atoms with van der Waals surface area (Å²) >= 11 is 0. The molecule has 0 radical (unpaired) electrons. The van der Waals surface area contributed by atoms with Gasteiger partial charge in [-0.2, -0.15) is 0 Å². The Kier molecular flexibility index (Phi) is 2.87. The molecule has 4 fully saturated rings. The van der Waals surface area contributed by atoms with Crippen LogP contribution in [0.1, 0.15) is 44.9 Å². The first-order valence-electron chi connectivity index (χ1n) is 8.21. The monoisotopic (exact) mass is 262 g/mol. The van der Waals surface area contributed by atoms with Crippen molar-refractivity contribution in [3.8, 4) is 0 Å². The Morgan fingerprint density at radius 1 is 1.16 bits per heavy atom. The van der Waals surface area contributed by atoms with Crippen LogP contribution in [0.5, 0.6) is 0 Å². The van der Waals surface area contributed by atoms with Gasteiger partial charge >= 0.3 is 0 Å². The van der Waals surface area contributed by atoms with E-state index in [2.05, 4.69) is 10.2 Å². The number of hydrogen-bond donors (Lipinski definition) is 1. The predicted molar refractivity (Wildman–Crippen MR) is 74.6 cm³/mol. The average molecular weight is 262 g/mol. The molecule has 0 aromatic heterocycles. The van der Waals surface area contributed by atoms with Crippen LogP contribution in [0, 0.1) is 23.7 Å². The predicted octanol–water partition coefficient (Wildman–Crippen LogP) is 2.02. The Labute approximate surface area is 116 Å². The van der Waals surface area contributed by atoms with Gasteiger partial charge in [0.1, 0.15) is 0 Å². The maximum atomic E-state index is 12.6. The summed E-state index contributed by atoms with van der Waals surface area (Å²) < 4.78 is 0. The highest BCUT2D eigenvalue weighted by atomic mass is 16.2. The lowest BCUT2D eigenvalue weighted by Gasteiger charge is -2.30. The molecule has 2 saturated heterocycles. The second-order valence-corrected chi connectivity index (χ2v) is 7.54. The first-order valence-corrected chi connectivity index (χ1v) is 8.21. The highest BCUT2D eigenvalue weighted by molar-refractivity contribution is 5.80. The fourth-order valence-corrected chi connectivity index (χ4v) is 5.42. The van der Waals surface area contributed by atoms with Crippen LogP contribution in [0.15, 0.2) is 0 Å². The van der Waals surface area contributed by atoms with Crippen LogP contribution < -0.4 is 5.32 Å². The third-order valence-electron chi connectivity index (χ3n) is 6.39. The zero-order chi connectivity index (χ0) is 13.0. The minimum Gasteiger partial charge on any atom is -0.345 e. The number of nitrogens with zero attached hydrogens (tertiary/aromatic N) is 1. The second kappa shape index (κ2) is 4.47. The maximum absolute atomic E-state index is 12.6. The topological polar surface area (TPSA) is 32.3 Å². The van der Waals surface area contributed by atoms with Gasteiger partial charge in [0.05, 0.1) is 5.92 Å². The Morgan fingerprint density at radius 3 is 2.63 bits per heavy atom. The van der Waals surface area contributed by atoms with Gasteiger partial charge in [0, 0.05) is 25.7 Å². The summed E-state index contributed by atoms with van der Waals surface area (Å²) in [5.41, 5.74) is 0. The number of amides is 1. The van der Waals surface area contributed by atoms with Crippen molar-refractivity contribution in [2.75, 3.05) is 13.6 Å². The van der Waals surface area contributed by atoms with Gasteiger partial charge in [-0.3, -0.25) is 4.79 Å². The Hall–Kier alpha value is -0.570. The summed E-state index contributed by atoms with van der Waals surface area (Å²) in [5.74, 6) is 3.42. The van der Waals surface area contributed by atoms with Gasteiger partial charge in [-0.25, -0.2) is 0 Å². The van der Waals surface area contributed by atoms with E-state index >= 15 is 0 Å². The molecule has 2 saturated carbocycles. The highest BCUT2D eigenvalue weighted by Crippen LogP contribution is 2.48. The molecule has 6 unspecified atom stereocenters. The van der Waals surface area contributed by atoms with Crippen molar-refractivity contribution < 1.29 is 4.79 Å². The van der Waals surface area contributed by atoms with Crippen molar-refractivity contribution in [3.05, 3.63) is 0 Å². The van der Waals surface area contributed by atoms with Crippen molar-refractivity contribution >= 4 is 5.91 Å². The molecule has 4 rings (SSSR count). The smallest absolute Gasteiger partial charge is 0.227 e. The molecule has 19 heavy (non-hydrogen) atoms. The van der Waals surface area contributed by atoms with Crippen molar-refractivity contribution in [3.63, 3.8) is 0 Å². The molecule has 6 atom stereocenters. The number of carbonyl (C=O) groups excluding carboxylic acids is 1. The van der Waals surface area contributed by atoms with Crippen molar-refractivity contribution in [2.24, 2.45) is 23.7 Å². The first-order chi connectivity index (χ1) is 9.20. The van der Waals surface area contributed by atoms with Crippen molar-refractivity contribution in [1.82, 2.24) is 10.2 Å². The molecule has 4 bridgehead atoms. The lowest BCUT2D eigenvalue weighted by atomic mass is 9.86. The number of fused-ring (bicyclic) bond motifs is 4. The average Bonchev–Trinajstić information content (AvgIpc) is 3.17. The molecule has 3 heteroatoms. The van der Waals surface area contributed by atoms with E-state index in [4.69, 9.17) is 0 Å². The second-order valence-electron chi connectivity index (χ2n) is 7.54. The Bertz CT molecular complexity index is 383. The third kappa shape index (κ3) is 2.01. The molecule has 3 nitrogen and oxygen atoms in total. The summed E-state index contributed by atoms with van der Waals surface area (Å²) in [6, 6.07) is 1.12. The molecular weight excluding hydrogens is 236 g/mol. The number of carbonyl (C=O) groups is 1.